The van der Waals surface area contributed by atoms with Gasteiger partial charge in [0.15, 0.2) is 0 Å². The Bertz CT molecular complexity index is 511. The lowest BCUT2D eigenvalue weighted by molar-refractivity contribution is 0.0710. The van der Waals surface area contributed by atoms with E-state index in [9.17, 15) is 4.79 Å². The average Bonchev–Trinajstić information content (AvgIpc) is 3.10. The number of nitrogens with zero attached hydrogens (tertiary/aromatic N) is 1. The summed E-state index contributed by atoms with van der Waals surface area (Å²) >= 11 is 3.57. The number of likely N-dealkylation sites (tertiary alicyclic amines) is 1. The number of hydrogen-bond donors (Lipinski definition) is 1. The topological polar surface area (TPSA) is 32.3 Å². The summed E-state index contributed by atoms with van der Waals surface area (Å²) < 4.78 is 0.940. The zero-order valence-electron chi connectivity index (χ0n) is 11.9. The number of halogens is 1. The van der Waals surface area contributed by atoms with Gasteiger partial charge in [-0.3, -0.25) is 4.79 Å². The minimum Gasteiger partial charge on any atom is -0.334 e. The number of rotatable bonds is 2. The fourth-order valence-corrected chi connectivity index (χ4v) is 3.90. The summed E-state index contributed by atoms with van der Waals surface area (Å²) in [7, 11) is 0. The van der Waals surface area contributed by atoms with Crippen LogP contribution < -0.4 is 5.32 Å². The Morgan fingerprint density at radius 2 is 2.20 bits per heavy atom. The van der Waals surface area contributed by atoms with E-state index >= 15 is 0 Å². The van der Waals surface area contributed by atoms with Crippen LogP contribution in [0.15, 0.2) is 22.7 Å². The molecule has 0 radical (unpaired) electrons. The molecule has 1 aromatic carbocycles. The van der Waals surface area contributed by atoms with Crippen LogP contribution in [0, 0.1) is 6.92 Å². The molecule has 1 N–H and O–H groups in total. The van der Waals surface area contributed by atoms with E-state index in [-0.39, 0.29) is 5.91 Å². The average molecular weight is 337 g/mol. The molecular weight excluding hydrogens is 316 g/mol. The highest BCUT2D eigenvalue weighted by molar-refractivity contribution is 9.10. The monoisotopic (exact) mass is 336 g/mol. The Kier molecular flexibility index (Phi) is 4.13. The Morgan fingerprint density at radius 3 is 2.95 bits per heavy atom. The molecule has 0 bridgehead atoms. The molecule has 20 heavy (non-hydrogen) atoms. The van der Waals surface area contributed by atoms with E-state index in [0.717, 1.165) is 41.5 Å². The minimum atomic E-state index is 0.178. The van der Waals surface area contributed by atoms with Crippen LogP contribution >= 0.6 is 15.9 Å². The second-order valence-corrected chi connectivity index (χ2v) is 6.64. The molecule has 1 aromatic rings. The molecule has 2 atom stereocenters. The highest BCUT2D eigenvalue weighted by Crippen LogP contribution is 2.29. The number of amides is 1. The second-order valence-electron chi connectivity index (χ2n) is 5.85. The SMILES string of the molecule is Cc1cccc(C(=O)N2CCCC2C2CCCN2)c1Br. The van der Waals surface area contributed by atoms with Crippen molar-refractivity contribution in [2.24, 2.45) is 0 Å². The number of carbonyl (C=O) groups excluding carboxylic acids is 1. The third kappa shape index (κ3) is 2.51. The van der Waals surface area contributed by atoms with Gasteiger partial charge in [0.05, 0.1) is 5.56 Å². The number of benzene rings is 1. The van der Waals surface area contributed by atoms with Crippen molar-refractivity contribution in [3.63, 3.8) is 0 Å². The molecule has 108 valence electrons. The molecule has 0 aliphatic carbocycles. The predicted molar refractivity (Wildman–Crippen MR) is 84.0 cm³/mol. The van der Waals surface area contributed by atoms with Crippen LogP contribution in [0.3, 0.4) is 0 Å². The van der Waals surface area contributed by atoms with Gasteiger partial charge in [0, 0.05) is 23.1 Å². The third-order valence-electron chi connectivity index (χ3n) is 4.55. The highest BCUT2D eigenvalue weighted by Gasteiger charge is 2.36. The van der Waals surface area contributed by atoms with E-state index in [0.29, 0.717) is 12.1 Å². The second kappa shape index (κ2) is 5.86. The maximum Gasteiger partial charge on any atom is 0.255 e. The minimum absolute atomic E-state index is 0.178. The van der Waals surface area contributed by atoms with Gasteiger partial charge in [0.2, 0.25) is 0 Å². The van der Waals surface area contributed by atoms with Crippen molar-refractivity contribution in [1.82, 2.24) is 10.2 Å². The zero-order chi connectivity index (χ0) is 14.1. The van der Waals surface area contributed by atoms with Crippen molar-refractivity contribution in [3.05, 3.63) is 33.8 Å². The molecule has 2 heterocycles. The van der Waals surface area contributed by atoms with Crippen molar-refractivity contribution in [1.29, 1.82) is 0 Å². The lowest BCUT2D eigenvalue weighted by atomic mass is 10.0. The van der Waals surface area contributed by atoms with Gasteiger partial charge >= 0.3 is 0 Å². The predicted octanol–water partition coefficient (Wildman–Crippen LogP) is 3.11. The molecule has 4 heteroatoms. The van der Waals surface area contributed by atoms with E-state index in [1.54, 1.807) is 0 Å². The normalized spacial score (nSPS) is 26.2. The summed E-state index contributed by atoms with van der Waals surface area (Å²) in [6.07, 6.45) is 4.69. The van der Waals surface area contributed by atoms with E-state index in [2.05, 4.69) is 26.1 Å². The molecule has 0 aromatic heterocycles. The maximum atomic E-state index is 12.9. The van der Waals surface area contributed by atoms with Gasteiger partial charge in [-0.15, -0.1) is 0 Å². The van der Waals surface area contributed by atoms with Gasteiger partial charge in [0.25, 0.3) is 5.91 Å². The largest absolute Gasteiger partial charge is 0.334 e. The fraction of sp³-hybridized carbons (Fsp3) is 0.562. The van der Waals surface area contributed by atoms with Gasteiger partial charge in [-0.25, -0.2) is 0 Å². The number of carbonyl (C=O) groups is 1. The summed E-state index contributed by atoms with van der Waals surface area (Å²) in [5, 5.41) is 3.56. The summed E-state index contributed by atoms with van der Waals surface area (Å²) in [6.45, 7) is 4.01. The number of aryl methyl sites for hydroxylation is 1. The molecule has 2 aliphatic heterocycles. The van der Waals surface area contributed by atoms with Crippen LogP contribution in [0.1, 0.15) is 41.6 Å². The van der Waals surface area contributed by atoms with Crippen molar-refractivity contribution in [2.75, 3.05) is 13.1 Å². The van der Waals surface area contributed by atoms with E-state index in [1.165, 1.54) is 12.8 Å². The smallest absolute Gasteiger partial charge is 0.255 e. The summed E-state index contributed by atoms with van der Waals surface area (Å²) in [4.78, 5) is 14.9. The van der Waals surface area contributed by atoms with Gasteiger partial charge in [-0.05, 0) is 66.7 Å². The van der Waals surface area contributed by atoms with Crippen molar-refractivity contribution < 1.29 is 4.79 Å². The first kappa shape index (κ1) is 14.1. The van der Waals surface area contributed by atoms with Crippen LogP contribution in [0.25, 0.3) is 0 Å². The molecule has 0 spiro atoms. The van der Waals surface area contributed by atoms with Gasteiger partial charge in [-0.1, -0.05) is 12.1 Å². The molecule has 2 unspecified atom stereocenters. The number of hydrogen-bond acceptors (Lipinski definition) is 2. The first-order valence-corrected chi connectivity index (χ1v) is 8.27. The van der Waals surface area contributed by atoms with E-state index < -0.39 is 0 Å². The van der Waals surface area contributed by atoms with Gasteiger partial charge < -0.3 is 10.2 Å². The van der Waals surface area contributed by atoms with Crippen LogP contribution in [0.5, 0.6) is 0 Å². The molecule has 3 nitrogen and oxygen atoms in total. The molecule has 2 aliphatic rings. The summed E-state index contributed by atoms with van der Waals surface area (Å²) in [6, 6.07) is 6.78. The Hall–Kier alpha value is -0.870. The molecular formula is C16H21BrN2O. The summed E-state index contributed by atoms with van der Waals surface area (Å²) in [5.74, 6) is 0.178. The maximum absolute atomic E-state index is 12.9. The van der Waals surface area contributed by atoms with Gasteiger partial charge in [-0.2, -0.15) is 0 Å². The first-order chi connectivity index (χ1) is 9.68. The van der Waals surface area contributed by atoms with Crippen molar-refractivity contribution in [3.8, 4) is 0 Å². The summed E-state index contributed by atoms with van der Waals surface area (Å²) in [5.41, 5.74) is 1.92. The molecule has 2 fully saturated rings. The highest BCUT2D eigenvalue weighted by atomic mass is 79.9. The molecule has 1 amide bonds. The quantitative estimate of drug-likeness (QED) is 0.899. The van der Waals surface area contributed by atoms with E-state index in [4.69, 9.17) is 0 Å². The van der Waals surface area contributed by atoms with E-state index in [1.807, 2.05) is 25.1 Å². The molecule has 2 saturated heterocycles. The third-order valence-corrected chi connectivity index (χ3v) is 5.60. The lowest BCUT2D eigenvalue weighted by Gasteiger charge is -2.30. The van der Waals surface area contributed by atoms with Gasteiger partial charge in [0.1, 0.15) is 0 Å². The Labute approximate surface area is 128 Å². The van der Waals surface area contributed by atoms with Crippen LogP contribution in [-0.4, -0.2) is 36.0 Å². The molecule has 0 saturated carbocycles. The van der Waals surface area contributed by atoms with Crippen LogP contribution in [0.4, 0.5) is 0 Å². The standard InChI is InChI=1S/C16H21BrN2O/c1-11-5-2-6-12(15(11)17)16(20)19-10-4-8-14(19)13-7-3-9-18-13/h2,5-6,13-14,18H,3-4,7-10H2,1H3. The van der Waals surface area contributed by atoms with Crippen LogP contribution in [-0.2, 0) is 0 Å². The molecule has 3 rings (SSSR count). The van der Waals surface area contributed by atoms with Crippen LogP contribution in [0.2, 0.25) is 0 Å². The fourth-order valence-electron chi connectivity index (χ4n) is 3.47. The van der Waals surface area contributed by atoms with Crippen molar-refractivity contribution in [2.45, 2.75) is 44.7 Å². The first-order valence-electron chi connectivity index (χ1n) is 7.48. The zero-order valence-corrected chi connectivity index (χ0v) is 13.4. The van der Waals surface area contributed by atoms with Crippen molar-refractivity contribution >= 4 is 21.8 Å². The lowest BCUT2D eigenvalue weighted by Crippen LogP contribution is -2.46. The Morgan fingerprint density at radius 1 is 1.35 bits per heavy atom. The Balaban J connectivity index is 1.83. The number of nitrogens with one attached hydrogen (secondary N) is 1.